The predicted octanol–water partition coefficient (Wildman–Crippen LogP) is 3.99. The number of rotatable bonds is 4. The van der Waals surface area contributed by atoms with Crippen LogP contribution in [0.3, 0.4) is 0 Å². The number of nitriles is 1. The maximum Gasteiger partial charge on any atom is 0.273 e. The number of anilines is 1. The van der Waals surface area contributed by atoms with Crippen LogP contribution in [0, 0.1) is 11.3 Å². The lowest BCUT2D eigenvalue weighted by Crippen LogP contribution is -2.36. The zero-order valence-electron chi connectivity index (χ0n) is 18.6. The summed E-state index contributed by atoms with van der Waals surface area (Å²) in [5, 5.41) is 9.54. The molecule has 2 fully saturated rings. The second-order valence-electron chi connectivity index (χ2n) is 8.80. The molecule has 7 nitrogen and oxygen atoms in total. The van der Waals surface area contributed by atoms with E-state index in [1.807, 2.05) is 23.1 Å². The molecular weight excluding hydrogens is 434 g/mol. The van der Waals surface area contributed by atoms with Crippen LogP contribution in [0.25, 0.3) is 10.2 Å². The van der Waals surface area contributed by atoms with E-state index in [0.717, 1.165) is 63.8 Å². The van der Waals surface area contributed by atoms with E-state index in [-0.39, 0.29) is 18.0 Å². The van der Waals surface area contributed by atoms with Crippen LogP contribution < -0.4 is 10.5 Å². The average molecular weight is 462 g/mol. The van der Waals surface area contributed by atoms with Crippen LogP contribution >= 0.6 is 11.3 Å². The molecule has 2 saturated heterocycles. The maximum absolute atomic E-state index is 13.7. The molecule has 1 amide bonds. The zero-order valence-corrected chi connectivity index (χ0v) is 19.4. The molecule has 0 unspecified atom stereocenters. The topological polar surface area (TPSA) is 82.2 Å². The third-order valence-electron chi connectivity index (χ3n) is 6.57. The van der Waals surface area contributed by atoms with Crippen molar-refractivity contribution in [2.24, 2.45) is 0 Å². The number of hydrogen-bond donors (Lipinski definition) is 0. The molecule has 0 aliphatic carbocycles. The SMILES string of the molecule is N#Cc1ccccc1Cn1c(N2CCCCC2)nc2cc(C(=O)N3CCCCC3)sc2c1=O. The Kier molecular flexibility index (Phi) is 6.14. The van der Waals surface area contributed by atoms with Crippen LogP contribution in [0.15, 0.2) is 35.1 Å². The van der Waals surface area contributed by atoms with Crippen LogP contribution in [0.1, 0.15) is 59.3 Å². The summed E-state index contributed by atoms with van der Waals surface area (Å²) in [5.74, 6) is 0.632. The molecule has 2 aromatic heterocycles. The number of amides is 1. The molecule has 0 radical (unpaired) electrons. The summed E-state index contributed by atoms with van der Waals surface area (Å²) in [6.45, 7) is 3.52. The Balaban J connectivity index is 1.60. The molecule has 0 atom stereocenters. The third-order valence-corrected chi connectivity index (χ3v) is 7.67. The van der Waals surface area contributed by atoms with Crippen LogP contribution in [0.2, 0.25) is 0 Å². The number of aromatic nitrogens is 2. The van der Waals surface area contributed by atoms with Gasteiger partial charge >= 0.3 is 0 Å². The second-order valence-corrected chi connectivity index (χ2v) is 9.85. The molecule has 0 N–H and O–H groups in total. The van der Waals surface area contributed by atoms with Gasteiger partial charge in [-0.25, -0.2) is 4.98 Å². The van der Waals surface area contributed by atoms with Crippen molar-refractivity contribution in [1.82, 2.24) is 14.5 Å². The minimum Gasteiger partial charge on any atom is -0.342 e. The lowest BCUT2D eigenvalue weighted by molar-refractivity contribution is 0.0729. The van der Waals surface area contributed by atoms with Crippen molar-refractivity contribution in [2.75, 3.05) is 31.1 Å². The van der Waals surface area contributed by atoms with Gasteiger partial charge in [0.05, 0.1) is 28.6 Å². The van der Waals surface area contributed by atoms with Crippen LogP contribution in [-0.4, -0.2) is 46.5 Å². The van der Waals surface area contributed by atoms with E-state index in [0.29, 0.717) is 26.6 Å². The van der Waals surface area contributed by atoms with Gasteiger partial charge in [0.2, 0.25) is 5.95 Å². The molecule has 0 spiro atoms. The van der Waals surface area contributed by atoms with Crippen molar-refractivity contribution in [2.45, 2.75) is 45.1 Å². The molecule has 2 aliphatic heterocycles. The van der Waals surface area contributed by atoms with Crippen molar-refractivity contribution >= 4 is 33.4 Å². The Bertz CT molecular complexity index is 1280. The number of nitrogens with zero attached hydrogens (tertiary/aromatic N) is 5. The van der Waals surface area contributed by atoms with Gasteiger partial charge < -0.3 is 9.80 Å². The summed E-state index contributed by atoms with van der Waals surface area (Å²) in [6.07, 6.45) is 6.51. The first kappa shape index (κ1) is 21.7. The fourth-order valence-electron chi connectivity index (χ4n) is 4.77. The van der Waals surface area contributed by atoms with E-state index < -0.39 is 0 Å². The Morgan fingerprint density at radius 1 is 1.03 bits per heavy atom. The zero-order chi connectivity index (χ0) is 22.8. The highest BCUT2D eigenvalue weighted by Crippen LogP contribution is 2.27. The van der Waals surface area contributed by atoms with E-state index in [1.165, 1.54) is 17.8 Å². The van der Waals surface area contributed by atoms with Crippen molar-refractivity contribution in [1.29, 1.82) is 5.26 Å². The van der Waals surface area contributed by atoms with Gasteiger partial charge in [-0.2, -0.15) is 5.26 Å². The van der Waals surface area contributed by atoms with Gasteiger partial charge in [-0.3, -0.25) is 14.2 Å². The second kappa shape index (κ2) is 9.36. The highest BCUT2D eigenvalue weighted by molar-refractivity contribution is 7.20. The normalized spacial score (nSPS) is 16.7. The molecular formula is C25H27N5O2S. The standard InChI is InChI=1S/C25H27N5O2S/c26-16-18-9-3-4-10-19(18)17-30-24(32)22-20(27-25(30)29-13-7-2-8-14-29)15-21(33-22)23(31)28-11-5-1-6-12-28/h3-4,9-10,15H,1-2,5-8,11-14,17H2. The van der Waals surface area contributed by atoms with E-state index in [2.05, 4.69) is 11.0 Å². The quantitative estimate of drug-likeness (QED) is 0.587. The first-order valence-corrected chi connectivity index (χ1v) is 12.5. The molecule has 0 bridgehead atoms. The van der Waals surface area contributed by atoms with Crippen LogP contribution in [0.5, 0.6) is 0 Å². The first-order chi connectivity index (χ1) is 16.2. The number of likely N-dealkylation sites (tertiary alicyclic amines) is 1. The molecule has 0 saturated carbocycles. The summed E-state index contributed by atoms with van der Waals surface area (Å²) in [4.78, 5) is 36.3. The van der Waals surface area contributed by atoms with Gasteiger partial charge in [0.15, 0.2) is 0 Å². The average Bonchev–Trinajstić information content (AvgIpc) is 3.31. The van der Waals surface area contributed by atoms with Gasteiger partial charge in [-0.15, -0.1) is 11.3 Å². The lowest BCUT2D eigenvalue weighted by Gasteiger charge is -2.29. The van der Waals surface area contributed by atoms with Crippen molar-refractivity contribution in [3.63, 3.8) is 0 Å². The lowest BCUT2D eigenvalue weighted by atomic mass is 10.1. The number of thiophene rings is 1. The van der Waals surface area contributed by atoms with E-state index in [4.69, 9.17) is 4.98 Å². The predicted molar refractivity (Wildman–Crippen MR) is 130 cm³/mol. The number of carbonyl (C=O) groups is 1. The highest BCUT2D eigenvalue weighted by atomic mass is 32.1. The fraction of sp³-hybridized carbons (Fsp3) is 0.440. The summed E-state index contributed by atoms with van der Waals surface area (Å²) < 4.78 is 2.20. The Morgan fingerprint density at radius 3 is 2.45 bits per heavy atom. The Hall–Kier alpha value is -3.18. The minimum absolute atomic E-state index is 0.00185. The molecule has 5 rings (SSSR count). The molecule has 3 aromatic rings. The first-order valence-electron chi connectivity index (χ1n) is 11.7. The number of fused-ring (bicyclic) bond motifs is 1. The molecule has 1 aromatic carbocycles. The Morgan fingerprint density at radius 2 is 1.73 bits per heavy atom. The number of carbonyl (C=O) groups excluding carboxylic acids is 1. The van der Waals surface area contributed by atoms with Gasteiger partial charge in [-0.05, 0) is 56.2 Å². The van der Waals surface area contributed by atoms with Crippen molar-refractivity contribution in [3.8, 4) is 6.07 Å². The van der Waals surface area contributed by atoms with Crippen LogP contribution in [-0.2, 0) is 6.54 Å². The molecule has 2 aliphatic rings. The van der Waals surface area contributed by atoms with Crippen molar-refractivity contribution < 1.29 is 4.79 Å². The molecule has 8 heteroatoms. The number of hydrogen-bond acceptors (Lipinski definition) is 6. The van der Waals surface area contributed by atoms with Gasteiger partial charge in [0, 0.05) is 26.2 Å². The number of piperidine rings is 2. The van der Waals surface area contributed by atoms with Gasteiger partial charge in [0.1, 0.15) is 4.70 Å². The van der Waals surface area contributed by atoms with Crippen LogP contribution in [0.4, 0.5) is 5.95 Å². The van der Waals surface area contributed by atoms with Gasteiger partial charge in [0.25, 0.3) is 11.5 Å². The summed E-state index contributed by atoms with van der Waals surface area (Å²) in [7, 11) is 0. The monoisotopic (exact) mass is 461 g/mol. The largest absolute Gasteiger partial charge is 0.342 e. The van der Waals surface area contributed by atoms with E-state index in [1.54, 1.807) is 16.7 Å². The fourth-order valence-corrected chi connectivity index (χ4v) is 5.79. The minimum atomic E-state index is -0.143. The smallest absolute Gasteiger partial charge is 0.273 e. The van der Waals surface area contributed by atoms with E-state index >= 15 is 0 Å². The molecule has 170 valence electrons. The highest BCUT2D eigenvalue weighted by Gasteiger charge is 2.25. The molecule has 4 heterocycles. The number of benzene rings is 1. The van der Waals surface area contributed by atoms with Gasteiger partial charge in [-0.1, -0.05) is 18.2 Å². The third kappa shape index (κ3) is 4.25. The Labute approximate surface area is 196 Å². The van der Waals surface area contributed by atoms with Crippen molar-refractivity contribution in [3.05, 3.63) is 56.7 Å². The van der Waals surface area contributed by atoms with E-state index in [9.17, 15) is 14.9 Å². The summed E-state index contributed by atoms with van der Waals surface area (Å²) in [5.41, 5.74) is 1.80. The maximum atomic E-state index is 13.7. The summed E-state index contributed by atoms with van der Waals surface area (Å²) >= 11 is 1.25. The molecule has 33 heavy (non-hydrogen) atoms. The summed E-state index contributed by atoms with van der Waals surface area (Å²) in [6, 6.07) is 11.4.